The predicted octanol–water partition coefficient (Wildman–Crippen LogP) is 7.53. The van der Waals surface area contributed by atoms with Crippen LogP contribution in [0.25, 0.3) is 0 Å². The van der Waals surface area contributed by atoms with Crippen LogP contribution in [0.4, 0.5) is 23.1 Å². The summed E-state index contributed by atoms with van der Waals surface area (Å²) in [5.74, 6) is -0.220. The lowest BCUT2D eigenvalue weighted by Crippen LogP contribution is -2.36. The molecule has 13 heteroatoms. The predicted molar refractivity (Wildman–Crippen MR) is 240 cm³/mol. The Hall–Kier alpha value is -7.64. The number of nitrogens with one attached hydrogen (secondary N) is 2. The summed E-state index contributed by atoms with van der Waals surface area (Å²) in [7, 11) is 0. The van der Waals surface area contributed by atoms with Crippen LogP contribution < -0.4 is 15.1 Å². The molecule has 2 aliphatic heterocycles. The van der Waals surface area contributed by atoms with Crippen LogP contribution in [-0.4, -0.2) is 82.1 Å². The maximum Gasteiger partial charge on any atom is 0.325 e. The Morgan fingerprint density at radius 2 is 1.33 bits per heavy atom. The minimum atomic E-state index is -0.791. The van der Waals surface area contributed by atoms with Crippen LogP contribution >= 0.6 is 0 Å². The lowest BCUT2D eigenvalue weighted by Gasteiger charge is -2.35. The third kappa shape index (κ3) is 8.26. The summed E-state index contributed by atoms with van der Waals surface area (Å²) in [4.78, 5) is 64.4. The fourth-order valence-electron chi connectivity index (χ4n) is 8.52. The third-order valence-corrected chi connectivity index (χ3v) is 11.5. The van der Waals surface area contributed by atoms with E-state index in [0.717, 1.165) is 46.8 Å². The average Bonchev–Trinajstić information content (AvgIpc) is 3.89. The number of nitrogens with zero attached hydrogens (tertiary/aromatic N) is 6. The van der Waals surface area contributed by atoms with Crippen LogP contribution in [0, 0.1) is 0 Å². The number of amides is 2. The number of H-pyrrole nitrogens is 1. The van der Waals surface area contributed by atoms with Gasteiger partial charge in [-0.1, -0.05) is 103 Å². The van der Waals surface area contributed by atoms with Crippen LogP contribution in [0.15, 0.2) is 152 Å². The van der Waals surface area contributed by atoms with E-state index in [-0.39, 0.29) is 32.2 Å². The first-order valence-electron chi connectivity index (χ1n) is 21.0. The molecule has 13 nitrogen and oxygen atoms in total. The highest BCUT2D eigenvalue weighted by atomic mass is 16.5. The Balaban J connectivity index is 1.12. The largest absolute Gasteiger partial charge is 0.465 e. The van der Waals surface area contributed by atoms with Gasteiger partial charge in [-0.3, -0.25) is 19.3 Å². The lowest BCUT2D eigenvalue weighted by molar-refractivity contribution is -0.141. The van der Waals surface area contributed by atoms with Crippen molar-refractivity contribution in [2.75, 3.05) is 54.6 Å². The maximum absolute atomic E-state index is 13.7. The van der Waals surface area contributed by atoms with Gasteiger partial charge in [0, 0.05) is 42.4 Å². The second-order valence-corrected chi connectivity index (χ2v) is 15.3. The van der Waals surface area contributed by atoms with E-state index < -0.39 is 23.2 Å². The monoisotopic (exact) mass is 838 g/mol. The van der Waals surface area contributed by atoms with Gasteiger partial charge >= 0.3 is 5.97 Å². The smallest absolute Gasteiger partial charge is 0.325 e. The molecule has 316 valence electrons. The van der Waals surface area contributed by atoms with Crippen molar-refractivity contribution in [2.24, 2.45) is 0 Å². The zero-order valence-corrected chi connectivity index (χ0v) is 34.8. The Morgan fingerprint density at radius 3 is 1.90 bits per heavy atom. The molecule has 0 saturated carbocycles. The van der Waals surface area contributed by atoms with Gasteiger partial charge in [-0.05, 0) is 60.0 Å². The van der Waals surface area contributed by atoms with Crippen molar-refractivity contribution in [3.8, 4) is 0 Å². The Labute approximate surface area is 365 Å². The molecule has 0 radical (unpaired) electrons. The van der Waals surface area contributed by atoms with Crippen molar-refractivity contribution in [3.63, 3.8) is 0 Å². The lowest BCUT2D eigenvalue weighted by atomic mass is 9.67. The maximum atomic E-state index is 13.7. The van der Waals surface area contributed by atoms with Crippen molar-refractivity contribution in [3.05, 3.63) is 197 Å². The summed E-state index contributed by atoms with van der Waals surface area (Å²) in [6.07, 6.45) is 3.44. The summed E-state index contributed by atoms with van der Waals surface area (Å²) < 4.78 is 11.0. The SMILES string of the molecule is CCOC(=O)CN(Cc1ncc(C(c2ccccc2)(c2ccccc2)c2ccccc2)[nH]1)c1nc(Nc2ccc(N3CCOCC3)cc2)ncc1CN1C(=O)c2ccccc2C1=O. The number of benzene rings is 5. The molecular formula is C50H46N8O5. The first-order chi connectivity index (χ1) is 30.9. The molecule has 0 bridgehead atoms. The van der Waals surface area contributed by atoms with E-state index in [9.17, 15) is 14.4 Å². The van der Waals surface area contributed by atoms with Gasteiger partial charge in [-0.15, -0.1) is 0 Å². The van der Waals surface area contributed by atoms with E-state index in [2.05, 4.69) is 56.6 Å². The number of hydrogen-bond donors (Lipinski definition) is 2. The summed E-state index contributed by atoms with van der Waals surface area (Å²) in [6, 6.07) is 45.6. The molecule has 0 unspecified atom stereocenters. The highest BCUT2D eigenvalue weighted by Gasteiger charge is 2.40. The number of aromatic nitrogens is 4. The van der Waals surface area contributed by atoms with Crippen molar-refractivity contribution in [2.45, 2.75) is 25.4 Å². The number of ether oxygens (including phenoxy) is 2. The Kier molecular flexibility index (Phi) is 11.7. The second kappa shape index (κ2) is 18.1. The van der Waals surface area contributed by atoms with Crippen LogP contribution in [-0.2, 0) is 32.8 Å². The molecule has 1 fully saturated rings. The van der Waals surface area contributed by atoms with Crippen LogP contribution in [0.3, 0.4) is 0 Å². The minimum Gasteiger partial charge on any atom is -0.465 e. The number of imidazole rings is 1. The van der Waals surface area contributed by atoms with Crippen LogP contribution in [0.1, 0.15) is 61.4 Å². The van der Waals surface area contributed by atoms with Crippen LogP contribution in [0.5, 0.6) is 0 Å². The fourth-order valence-corrected chi connectivity index (χ4v) is 8.52. The van der Waals surface area contributed by atoms with Gasteiger partial charge in [0.1, 0.15) is 18.2 Å². The quantitative estimate of drug-likeness (QED) is 0.0601. The molecule has 0 aliphatic carbocycles. The number of fused-ring (bicyclic) bond motifs is 1. The molecule has 5 aromatic carbocycles. The Morgan fingerprint density at radius 1 is 0.762 bits per heavy atom. The number of esters is 1. The first-order valence-corrected chi connectivity index (χ1v) is 21.0. The number of rotatable bonds is 15. The number of morpholine rings is 1. The van der Waals surface area contributed by atoms with Crippen molar-refractivity contribution in [1.29, 1.82) is 0 Å². The van der Waals surface area contributed by atoms with Gasteiger partial charge in [-0.2, -0.15) is 4.98 Å². The highest BCUT2D eigenvalue weighted by Crippen LogP contribution is 2.44. The number of hydrogen-bond acceptors (Lipinski definition) is 11. The highest BCUT2D eigenvalue weighted by molar-refractivity contribution is 6.21. The minimum absolute atomic E-state index is 0.0765. The van der Waals surface area contributed by atoms with Gasteiger partial charge in [-0.25, -0.2) is 9.97 Å². The second-order valence-electron chi connectivity index (χ2n) is 15.3. The van der Waals surface area contributed by atoms with Crippen LogP contribution in [0.2, 0.25) is 0 Å². The molecule has 2 amide bonds. The van der Waals surface area contributed by atoms with E-state index in [1.165, 1.54) is 4.90 Å². The molecule has 1 saturated heterocycles. The fraction of sp³-hybridized carbons (Fsp3) is 0.200. The van der Waals surface area contributed by atoms with Gasteiger partial charge in [0.2, 0.25) is 5.95 Å². The molecule has 0 atom stereocenters. The molecule has 9 rings (SSSR count). The van der Waals surface area contributed by atoms with E-state index in [0.29, 0.717) is 41.5 Å². The number of anilines is 4. The molecular weight excluding hydrogens is 793 g/mol. The van der Waals surface area contributed by atoms with E-state index in [1.807, 2.05) is 85.1 Å². The first kappa shape index (κ1) is 40.7. The average molecular weight is 839 g/mol. The van der Waals surface area contributed by atoms with Crippen molar-refractivity contribution in [1.82, 2.24) is 24.8 Å². The summed E-state index contributed by atoms with van der Waals surface area (Å²) >= 11 is 0. The van der Waals surface area contributed by atoms with Crippen molar-refractivity contribution < 1.29 is 23.9 Å². The summed E-state index contributed by atoms with van der Waals surface area (Å²) in [5.41, 5.74) is 6.06. The molecule has 2 aliphatic rings. The van der Waals surface area contributed by atoms with E-state index >= 15 is 0 Å². The molecule has 2 aromatic heterocycles. The van der Waals surface area contributed by atoms with Gasteiger partial charge < -0.3 is 29.6 Å². The molecule has 63 heavy (non-hydrogen) atoms. The van der Waals surface area contributed by atoms with Gasteiger partial charge in [0.15, 0.2) is 0 Å². The van der Waals surface area contributed by atoms with Crippen molar-refractivity contribution >= 4 is 40.9 Å². The van der Waals surface area contributed by atoms with Gasteiger partial charge in [0.05, 0.1) is 55.1 Å². The normalized spacial score (nSPS) is 13.8. The number of carbonyl (C=O) groups is 3. The molecule has 7 aromatic rings. The van der Waals surface area contributed by atoms with E-state index in [4.69, 9.17) is 19.4 Å². The van der Waals surface area contributed by atoms with Gasteiger partial charge in [0.25, 0.3) is 11.8 Å². The zero-order valence-electron chi connectivity index (χ0n) is 34.8. The number of imide groups is 1. The topological polar surface area (TPSA) is 146 Å². The summed E-state index contributed by atoms with van der Waals surface area (Å²) in [6.45, 7) is 4.63. The third-order valence-electron chi connectivity index (χ3n) is 11.5. The zero-order chi connectivity index (χ0) is 43.2. The molecule has 2 N–H and O–H groups in total. The number of aromatic amines is 1. The summed E-state index contributed by atoms with van der Waals surface area (Å²) in [5, 5.41) is 3.32. The Bertz CT molecular complexity index is 2570. The molecule has 0 spiro atoms. The standard InChI is InChI=1S/C50H46N8O5/c1-2-63-45(59)34-57(33-44-51-31-43(54-44)50(36-14-6-3-7-15-36,37-16-8-4-9-17-37)38-18-10-5-11-19-38)46-35(32-58-47(60)41-20-12-13-21-42(41)48(58)61)30-52-49(55-46)53-39-22-24-40(25-23-39)56-26-28-62-29-27-56/h3-25,30-31H,2,26-29,32-34H2,1H3,(H,51,54)(H,52,53,55). The molecule has 4 heterocycles. The number of carbonyl (C=O) groups excluding carboxylic acids is 3. The van der Waals surface area contributed by atoms with E-state index in [1.54, 1.807) is 42.3 Å².